The molecule has 0 aromatic rings. The van der Waals surface area contributed by atoms with Gasteiger partial charge in [0.25, 0.3) is 0 Å². The minimum absolute atomic E-state index is 0.398. The lowest BCUT2D eigenvalue weighted by atomic mass is 9.81. The van der Waals surface area contributed by atoms with Crippen molar-refractivity contribution < 1.29 is 0 Å². The van der Waals surface area contributed by atoms with E-state index in [1.807, 2.05) is 0 Å². The number of rotatable bonds is 4. The lowest BCUT2D eigenvalue weighted by Gasteiger charge is -2.29. The summed E-state index contributed by atoms with van der Waals surface area (Å²) in [4.78, 5) is 2.17. The Bertz CT molecular complexity index is 108. The second-order valence-electron chi connectivity index (χ2n) is 4.05. The molecule has 1 aliphatic carbocycles. The van der Waals surface area contributed by atoms with Crippen LogP contribution < -0.4 is 5.73 Å². The highest BCUT2D eigenvalue weighted by atomic mass is 15.1. The first-order chi connectivity index (χ1) is 5.18. The second kappa shape index (κ2) is 4.07. The molecule has 2 nitrogen and oxygen atoms in total. The third-order valence-electron chi connectivity index (χ3n) is 2.46. The van der Waals surface area contributed by atoms with E-state index in [0.717, 1.165) is 12.5 Å². The SMILES string of the molecule is CN(C)CC(N)CC1CCC1. The summed E-state index contributed by atoms with van der Waals surface area (Å²) < 4.78 is 0. The van der Waals surface area contributed by atoms with E-state index < -0.39 is 0 Å². The Balaban J connectivity index is 2.04. The minimum Gasteiger partial charge on any atom is -0.327 e. The molecule has 11 heavy (non-hydrogen) atoms. The lowest BCUT2D eigenvalue weighted by Crippen LogP contribution is -2.36. The molecule has 1 rings (SSSR count). The highest BCUT2D eigenvalue weighted by Gasteiger charge is 2.20. The van der Waals surface area contributed by atoms with Crippen molar-refractivity contribution in [2.45, 2.75) is 31.7 Å². The Kier molecular flexibility index (Phi) is 3.34. The normalized spacial score (nSPS) is 21.8. The highest BCUT2D eigenvalue weighted by Crippen LogP contribution is 2.29. The van der Waals surface area contributed by atoms with Gasteiger partial charge in [-0.3, -0.25) is 0 Å². The zero-order valence-corrected chi connectivity index (χ0v) is 7.71. The van der Waals surface area contributed by atoms with Gasteiger partial charge >= 0.3 is 0 Å². The van der Waals surface area contributed by atoms with Gasteiger partial charge in [0.2, 0.25) is 0 Å². The summed E-state index contributed by atoms with van der Waals surface area (Å²) in [5, 5.41) is 0. The predicted octanol–water partition coefficient (Wildman–Crippen LogP) is 1.07. The van der Waals surface area contributed by atoms with Crippen LogP contribution in [0.25, 0.3) is 0 Å². The van der Waals surface area contributed by atoms with Gasteiger partial charge in [0.05, 0.1) is 0 Å². The smallest absolute Gasteiger partial charge is 0.0170 e. The topological polar surface area (TPSA) is 29.3 Å². The predicted molar refractivity (Wildman–Crippen MR) is 48.5 cm³/mol. The van der Waals surface area contributed by atoms with Gasteiger partial charge in [-0.05, 0) is 26.4 Å². The number of hydrogen-bond acceptors (Lipinski definition) is 2. The Morgan fingerprint density at radius 1 is 1.45 bits per heavy atom. The molecule has 2 heteroatoms. The van der Waals surface area contributed by atoms with Crippen LogP contribution in [0, 0.1) is 5.92 Å². The summed E-state index contributed by atoms with van der Waals surface area (Å²) in [5.74, 6) is 0.949. The molecule has 0 heterocycles. The van der Waals surface area contributed by atoms with E-state index in [1.165, 1.54) is 25.7 Å². The van der Waals surface area contributed by atoms with Crippen LogP contribution >= 0.6 is 0 Å². The zero-order valence-electron chi connectivity index (χ0n) is 7.71. The Morgan fingerprint density at radius 2 is 2.09 bits per heavy atom. The van der Waals surface area contributed by atoms with Gasteiger partial charge < -0.3 is 10.6 Å². The molecule has 0 saturated heterocycles. The standard InChI is InChI=1S/C9H20N2/c1-11(2)7-9(10)6-8-4-3-5-8/h8-9H,3-7,10H2,1-2H3. The van der Waals surface area contributed by atoms with Gasteiger partial charge in [-0.15, -0.1) is 0 Å². The molecule has 0 radical (unpaired) electrons. The van der Waals surface area contributed by atoms with Crippen LogP contribution in [0.3, 0.4) is 0 Å². The Morgan fingerprint density at radius 3 is 2.45 bits per heavy atom. The van der Waals surface area contributed by atoms with Crippen LogP contribution in [-0.2, 0) is 0 Å². The molecule has 1 saturated carbocycles. The third kappa shape index (κ3) is 3.21. The van der Waals surface area contributed by atoms with Crippen LogP contribution in [0.1, 0.15) is 25.7 Å². The van der Waals surface area contributed by atoms with Crippen molar-refractivity contribution in [2.75, 3.05) is 20.6 Å². The van der Waals surface area contributed by atoms with E-state index in [4.69, 9.17) is 5.73 Å². The summed E-state index contributed by atoms with van der Waals surface area (Å²) in [5.41, 5.74) is 5.94. The van der Waals surface area contributed by atoms with Gasteiger partial charge in [-0.2, -0.15) is 0 Å². The van der Waals surface area contributed by atoms with Gasteiger partial charge in [0.15, 0.2) is 0 Å². The van der Waals surface area contributed by atoms with Crippen molar-refractivity contribution in [3.8, 4) is 0 Å². The summed E-state index contributed by atoms with van der Waals surface area (Å²) in [6, 6.07) is 0.398. The molecule has 0 aliphatic heterocycles. The molecule has 0 aromatic heterocycles. The van der Waals surface area contributed by atoms with Crippen molar-refractivity contribution in [3.05, 3.63) is 0 Å². The molecular weight excluding hydrogens is 136 g/mol. The number of likely N-dealkylation sites (N-methyl/N-ethyl adjacent to an activating group) is 1. The van der Waals surface area contributed by atoms with E-state index in [1.54, 1.807) is 0 Å². The van der Waals surface area contributed by atoms with Crippen molar-refractivity contribution in [2.24, 2.45) is 11.7 Å². The molecule has 1 fully saturated rings. The molecule has 66 valence electrons. The quantitative estimate of drug-likeness (QED) is 0.659. The van der Waals surface area contributed by atoms with Gasteiger partial charge in [0.1, 0.15) is 0 Å². The summed E-state index contributed by atoms with van der Waals surface area (Å²) in [6.07, 6.45) is 5.50. The number of nitrogens with zero attached hydrogens (tertiary/aromatic N) is 1. The van der Waals surface area contributed by atoms with Gasteiger partial charge in [-0.1, -0.05) is 19.3 Å². The fraction of sp³-hybridized carbons (Fsp3) is 1.00. The van der Waals surface area contributed by atoms with Crippen LogP contribution in [0.15, 0.2) is 0 Å². The van der Waals surface area contributed by atoms with Crippen molar-refractivity contribution in [3.63, 3.8) is 0 Å². The van der Waals surface area contributed by atoms with E-state index in [-0.39, 0.29) is 0 Å². The fourth-order valence-corrected chi connectivity index (χ4v) is 1.70. The summed E-state index contributed by atoms with van der Waals surface area (Å²) in [7, 11) is 4.17. The first kappa shape index (κ1) is 9.01. The van der Waals surface area contributed by atoms with E-state index in [9.17, 15) is 0 Å². The first-order valence-electron chi connectivity index (χ1n) is 4.59. The largest absolute Gasteiger partial charge is 0.327 e. The Hall–Kier alpha value is -0.0800. The third-order valence-corrected chi connectivity index (χ3v) is 2.46. The van der Waals surface area contributed by atoms with Crippen molar-refractivity contribution >= 4 is 0 Å². The van der Waals surface area contributed by atoms with E-state index >= 15 is 0 Å². The van der Waals surface area contributed by atoms with Gasteiger partial charge in [-0.25, -0.2) is 0 Å². The molecule has 1 aliphatic rings. The maximum absolute atomic E-state index is 5.94. The fourth-order valence-electron chi connectivity index (χ4n) is 1.70. The summed E-state index contributed by atoms with van der Waals surface area (Å²) in [6.45, 7) is 1.04. The average molecular weight is 156 g/mol. The van der Waals surface area contributed by atoms with Crippen LogP contribution in [0.2, 0.25) is 0 Å². The maximum atomic E-state index is 5.94. The highest BCUT2D eigenvalue weighted by molar-refractivity contribution is 4.76. The molecule has 1 unspecified atom stereocenters. The van der Waals surface area contributed by atoms with Crippen LogP contribution in [0.4, 0.5) is 0 Å². The molecular formula is C9H20N2. The lowest BCUT2D eigenvalue weighted by molar-refractivity contribution is 0.252. The molecule has 2 N–H and O–H groups in total. The Labute approximate surface area is 69.8 Å². The zero-order chi connectivity index (χ0) is 8.27. The van der Waals surface area contributed by atoms with Gasteiger partial charge in [0, 0.05) is 12.6 Å². The van der Waals surface area contributed by atoms with E-state index in [0.29, 0.717) is 6.04 Å². The van der Waals surface area contributed by atoms with E-state index in [2.05, 4.69) is 19.0 Å². The number of nitrogens with two attached hydrogens (primary N) is 1. The van der Waals surface area contributed by atoms with Crippen LogP contribution in [0.5, 0.6) is 0 Å². The molecule has 0 bridgehead atoms. The van der Waals surface area contributed by atoms with Crippen molar-refractivity contribution in [1.82, 2.24) is 4.90 Å². The first-order valence-corrected chi connectivity index (χ1v) is 4.59. The molecule has 1 atom stereocenters. The monoisotopic (exact) mass is 156 g/mol. The van der Waals surface area contributed by atoms with Crippen molar-refractivity contribution in [1.29, 1.82) is 0 Å². The molecule has 0 aromatic carbocycles. The summed E-state index contributed by atoms with van der Waals surface area (Å²) >= 11 is 0. The average Bonchev–Trinajstić information content (AvgIpc) is 1.77. The maximum Gasteiger partial charge on any atom is 0.0170 e. The van der Waals surface area contributed by atoms with Crippen LogP contribution in [-0.4, -0.2) is 31.6 Å². The minimum atomic E-state index is 0.398. The molecule has 0 spiro atoms. The number of hydrogen-bond donors (Lipinski definition) is 1. The second-order valence-corrected chi connectivity index (χ2v) is 4.05. The molecule has 0 amide bonds.